The average Bonchev–Trinajstić information content (AvgIpc) is 3.37. The molecule has 1 amide bonds. The monoisotopic (exact) mass is 518 g/mol. The Bertz CT molecular complexity index is 1280. The van der Waals surface area contributed by atoms with Crippen molar-refractivity contribution in [3.63, 3.8) is 0 Å². The first kappa shape index (κ1) is 24.9. The minimum atomic E-state index is -4.26. The molecule has 0 aliphatic heterocycles. The Balaban J connectivity index is 1.39. The van der Waals surface area contributed by atoms with Gasteiger partial charge in [-0.15, -0.1) is 0 Å². The standard InChI is InChI=1S/C25H24ClFN2O5S/c26-22-12-21(23(27)13-24(22)34-15-17-4-1-2-5-17)25(30)29-35(31,32)20-9-7-19(8-10-20)33-16-18-6-3-11-28-14-18/h3,6-14,17H,1-2,4-5,15-16H2,(H,29,30). The van der Waals surface area contributed by atoms with Crippen molar-refractivity contribution < 1.29 is 27.1 Å². The second-order valence-electron chi connectivity index (χ2n) is 8.28. The van der Waals surface area contributed by atoms with Crippen LogP contribution >= 0.6 is 11.6 Å². The summed E-state index contributed by atoms with van der Waals surface area (Å²) >= 11 is 6.17. The first-order valence-electron chi connectivity index (χ1n) is 11.1. The zero-order chi connectivity index (χ0) is 24.8. The summed E-state index contributed by atoms with van der Waals surface area (Å²) in [6, 6.07) is 11.2. The van der Waals surface area contributed by atoms with Crippen LogP contribution in [-0.2, 0) is 16.6 Å². The van der Waals surface area contributed by atoms with Gasteiger partial charge in [0.15, 0.2) is 0 Å². The number of rotatable bonds is 9. The summed E-state index contributed by atoms with van der Waals surface area (Å²) in [4.78, 5) is 16.4. The SMILES string of the molecule is O=C(NS(=O)(=O)c1ccc(OCc2cccnc2)cc1)c1cc(Cl)c(OCC2CCCC2)cc1F. The van der Waals surface area contributed by atoms with Crippen molar-refractivity contribution in [1.82, 2.24) is 9.71 Å². The van der Waals surface area contributed by atoms with Crippen LogP contribution in [0, 0.1) is 11.7 Å². The van der Waals surface area contributed by atoms with Gasteiger partial charge in [-0.2, -0.15) is 0 Å². The highest BCUT2D eigenvalue weighted by Gasteiger charge is 2.23. The summed E-state index contributed by atoms with van der Waals surface area (Å²) < 4.78 is 53.0. The lowest BCUT2D eigenvalue weighted by molar-refractivity contribution is 0.0977. The molecule has 0 saturated heterocycles. The number of nitrogens with one attached hydrogen (secondary N) is 1. The van der Waals surface area contributed by atoms with Crippen molar-refractivity contribution in [2.75, 3.05) is 6.61 Å². The van der Waals surface area contributed by atoms with E-state index >= 15 is 0 Å². The smallest absolute Gasteiger partial charge is 0.268 e. The summed E-state index contributed by atoms with van der Waals surface area (Å²) in [5.74, 6) is -1.11. The van der Waals surface area contributed by atoms with E-state index in [9.17, 15) is 17.6 Å². The number of hydrogen-bond donors (Lipinski definition) is 1. The molecule has 2 aromatic carbocycles. The van der Waals surface area contributed by atoms with E-state index in [0.717, 1.165) is 43.4 Å². The van der Waals surface area contributed by atoms with Crippen LogP contribution in [0.5, 0.6) is 11.5 Å². The summed E-state index contributed by atoms with van der Waals surface area (Å²) in [6.45, 7) is 0.679. The molecule has 35 heavy (non-hydrogen) atoms. The predicted octanol–water partition coefficient (Wildman–Crippen LogP) is 5.14. The second-order valence-corrected chi connectivity index (χ2v) is 10.4. The number of carbonyl (C=O) groups excluding carboxylic acids is 1. The molecule has 1 aliphatic carbocycles. The molecule has 1 heterocycles. The van der Waals surface area contributed by atoms with Gasteiger partial charge >= 0.3 is 0 Å². The third kappa shape index (κ3) is 6.49. The number of pyridine rings is 1. The molecule has 0 unspecified atom stereocenters. The average molecular weight is 519 g/mol. The van der Waals surface area contributed by atoms with Crippen LogP contribution in [0.3, 0.4) is 0 Å². The number of ether oxygens (including phenoxy) is 2. The maximum absolute atomic E-state index is 14.6. The first-order chi connectivity index (χ1) is 16.8. The fraction of sp³-hybridized carbons (Fsp3) is 0.280. The van der Waals surface area contributed by atoms with E-state index < -0.39 is 27.3 Å². The van der Waals surface area contributed by atoms with Crippen molar-refractivity contribution in [1.29, 1.82) is 0 Å². The van der Waals surface area contributed by atoms with E-state index in [4.69, 9.17) is 21.1 Å². The summed E-state index contributed by atoms with van der Waals surface area (Å²) in [7, 11) is -4.26. The quantitative estimate of drug-likeness (QED) is 0.421. The maximum Gasteiger partial charge on any atom is 0.268 e. The molecular formula is C25H24ClFN2O5S. The maximum atomic E-state index is 14.6. The van der Waals surface area contributed by atoms with Crippen LogP contribution in [-0.4, -0.2) is 25.9 Å². The van der Waals surface area contributed by atoms with Crippen molar-refractivity contribution in [2.45, 2.75) is 37.2 Å². The molecule has 184 valence electrons. The lowest BCUT2D eigenvalue weighted by Crippen LogP contribution is -2.31. The predicted molar refractivity (Wildman–Crippen MR) is 129 cm³/mol. The van der Waals surface area contributed by atoms with E-state index in [-0.39, 0.29) is 22.3 Å². The molecule has 0 spiro atoms. The number of hydrogen-bond acceptors (Lipinski definition) is 6. The molecule has 3 aromatic rings. The van der Waals surface area contributed by atoms with E-state index in [1.807, 2.05) is 10.8 Å². The Hall–Kier alpha value is -3.17. The molecular weight excluding hydrogens is 495 g/mol. The molecule has 1 aliphatic rings. The molecule has 1 aromatic heterocycles. The lowest BCUT2D eigenvalue weighted by Gasteiger charge is -2.14. The van der Waals surface area contributed by atoms with E-state index in [1.54, 1.807) is 18.5 Å². The topological polar surface area (TPSA) is 94.6 Å². The number of sulfonamides is 1. The Morgan fingerprint density at radius 1 is 1.11 bits per heavy atom. The van der Waals surface area contributed by atoms with Crippen LogP contribution in [0.15, 0.2) is 65.8 Å². The summed E-state index contributed by atoms with van der Waals surface area (Å²) in [5, 5.41) is 0.0297. The fourth-order valence-corrected chi connectivity index (χ4v) is 4.98. The van der Waals surface area contributed by atoms with Gasteiger partial charge in [-0.05, 0) is 55.2 Å². The Labute approximate surface area is 208 Å². The Kier molecular flexibility index (Phi) is 7.87. The minimum Gasteiger partial charge on any atom is -0.492 e. The van der Waals surface area contributed by atoms with Crippen LogP contribution in [0.2, 0.25) is 5.02 Å². The van der Waals surface area contributed by atoms with Crippen molar-refractivity contribution in [3.05, 3.63) is 82.9 Å². The lowest BCUT2D eigenvalue weighted by atomic mass is 10.1. The van der Waals surface area contributed by atoms with Crippen molar-refractivity contribution in [3.8, 4) is 11.5 Å². The van der Waals surface area contributed by atoms with Gasteiger partial charge in [0.25, 0.3) is 15.9 Å². The van der Waals surface area contributed by atoms with Gasteiger partial charge < -0.3 is 9.47 Å². The van der Waals surface area contributed by atoms with Crippen LogP contribution in [0.25, 0.3) is 0 Å². The first-order valence-corrected chi connectivity index (χ1v) is 13.0. The number of benzene rings is 2. The molecule has 0 radical (unpaired) electrons. The van der Waals surface area contributed by atoms with Gasteiger partial charge in [-0.3, -0.25) is 9.78 Å². The molecule has 1 N–H and O–H groups in total. The van der Waals surface area contributed by atoms with Crippen LogP contribution < -0.4 is 14.2 Å². The van der Waals surface area contributed by atoms with Gasteiger partial charge in [0.1, 0.15) is 23.9 Å². The van der Waals surface area contributed by atoms with E-state index in [1.165, 1.54) is 24.3 Å². The Morgan fingerprint density at radius 3 is 2.54 bits per heavy atom. The van der Waals surface area contributed by atoms with Gasteiger partial charge in [-0.25, -0.2) is 17.5 Å². The molecule has 7 nitrogen and oxygen atoms in total. The highest BCUT2D eigenvalue weighted by atomic mass is 35.5. The molecule has 0 atom stereocenters. The minimum absolute atomic E-state index is 0.0297. The second kappa shape index (κ2) is 11.0. The van der Waals surface area contributed by atoms with Crippen LogP contribution in [0.1, 0.15) is 41.6 Å². The molecule has 1 saturated carbocycles. The molecule has 4 rings (SSSR count). The largest absolute Gasteiger partial charge is 0.492 e. The Morgan fingerprint density at radius 2 is 1.86 bits per heavy atom. The van der Waals surface area contributed by atoms with Gasteiger partial charge in [0.05, 0.1) is 22.1 Å². The van der Waals surface area contributed by atoms with E-state index in [0.29, 0.717) is 18.3 Å². The van der Waals surface area contributed by atoms with Gasteiger partial charge in [-0.1, -0.05) is 30.5 Å². The summed E-state index contributed by atoms with van der Waals surface area (Å²) in [6.07, 6.45) is 7.70. The number of nitrogens with zero attached hydrogens (tertiary/aromatic N) is 1. The molecule has 1 fully saturated rings. The van der Waals surface area contributed by atoms with Crippen molar-refractivity contribution in [2.24, 2.45) is 5.92 Å². The number of aromatic nitrogens is 1. The van der Waals surface area contributed by atoms with Gasteiger partial charge in [0.2, 0.25) is 0 Å². The zero-order valence-electron chi connectivity index (χ0n) is 18.7. The highest BCUT2D eigenvalue weighted by Crippen LogP contribution is 2.31. The molecule has 0 bridgehead atoms. The molecule has 10 heteroatoms. The normalized spacial score (nSPS) is 14.0. The third-order valence-corrected chi connectivity index (χ3v) is 7.35. The number of amides is 1. The summed E-state index contributed by atoms with van der Waals surface area (Å²) in [5.41, 5.74) is 0.357. The van der Waals surface area contributed by atoms with Crippen LogP contribution in [0.4, 0.5) is 4.39 Å². The number of carbonyl (C=O) groups is 1. The fourth-order valence-electron chi connectivity index (χ4n) is 3.80. The van der Waals surface area contributed by atoms with Crippen molar-refractivity contribution >= 4 is 27.5 Å². The van der Waals surface area contributed by atoms with Gasteiger partial charge in [0, 0.05) is 24.0 Å². The van der Waals surface area contributed by atoms with E-state index in [2.05, 4.69) is 4.98 Å². The number of halogens is 2. The third-order valence-electron chi connectivity index (χ3n) is 5.70. The highest BCUT2D eigenvalue weighted by molar-refractivity contribution is 7.90. The zero-order valence-corrected chi connectivity index (χ0v) is 20.3.